The van der Waals surface area contributed by atoms with Gasteiger partial charge in [-0.3, -0.25) is 4.98 Å². The van der Waals surface area contributed by atoms with Gasteiger partial charge in [-0.25, -0.2) is 9.18 Å². The van der Waals surface area contributed by atoms with Crippen molar-refractivity contribution in [3.05, 3.63) is 65.7 Å². The maximum Gasteiger partial charge on any atom is 0.317 e. The second kappa shape index (κ2) is 8.07. The van der Waals surface area contributed by atoms with Crippen molar-refractivity contribution in [2.45, 2.75) is 31.4 Å². The third-order valence-electron chi connectivity index (χ3n) is 4.29. The van der Waals surface area contributed by atoms with Gasteiger partial charge in [0.2, 0.25) is 0 Å². The van der Waals surface area contributed by atoms with Gasteiger partial charge in [0.1, 0.15) is 5.82 Å². The Labute approximate surface area is 146 Å². The number of aliphatic hydroxyl groups excluding tert-OH is 1. The van der Waals surface area contributed by atoms with Crippen molar-refractivity contribution < 1.29 is 14.3 Å². The van der Waals surface area contributed by atoms with Crippen LogP contribution >= 0.6 is 0 Å². The van der Waals surface area contributed by atoms with E-state index in [1.165, 1.54) is 12.1 Å². The van der Waals surface area contributed by atoms with Crippen molar-refractivity contribution in [3.8, 4) is 0 Å². The Balaban J connectivity index is 1.53. The molecule has 0 bridgehead atoms. The van der Waals surface area contributed by atoms with Crippen LogP contribution < -0.4 is 5.32 Å². The Morgan fingerprint density at radius 1 is 1.32 bits per heavy atom. The number of urea groups is 1. The molecule has 0 saturated heterocycles. The summed E-state index contributed by atoms with van der Waals surface area (Å²) in [6.07, 6.45) is 5.28. The number of aromatic nitrogens is 1. The van der Waals surface area contributed by atoms with Crippen LogP contribution in [0.25, 0.3) is 0 Å². The minimum absolute atomic E-state index is 0.174. The summed E-state index contributed by atoms with van der Waals surface area (Å²) in [6.45, 7) is 0.718. The summed E-state index contributed by atoms with van der Waals surface area (Å²) in [5, 5.41) is 13.3. The van der Waals surface area contributed by atoms with E-state index in [-0.39, 0.29) is 24.4 Å². The van der Waals surface area contributed by atoms with Gasteiger partial charge in [-0.1, -0.05) is 18.2 Å². The number of hydrogen-bond donors (Lipinski definition) is 2. The number of hydrogen-bond acceptors (Lipinski definition) is 3. The lowest BCUT2D eigenvalue weighted by Crippen LogP contribution is -2.44. The molecule has 1 aromatic heterocycles. The van der Waals surface area contributed by atoms with Gasteiger partial charge in [-0.2, -0.15) is 0 Å². The fourth-order valence-electron chi connectivity index (χ4n) is 2.72. The molecular weight excluding hydrogens is 321 g/mol. The van der Waals surface area contributed by atoms with Crippen LogP contribution in [0, 0.1) is 5.82 Å². The van der Waals surface area contributed by atoms with Gasteiger partial charge in [0.15, 0.2) is 0 Å². The minimum Gasteiger partial charge on any atom is -0.387 e. The molecule has 2 aromatic rings. The third-order valence-corrected chi connectivity index (χ3v) is 4.29. The number of amides is 2. The molecule has 0 radical (unpaired) electrons. The summed E-state index contributed by atoms with van der Waals surface area (Å²) in [4.78, 5) is 18.2. The molecule has 2 amide bonds. The molecule has 1 aromatic carbocycles. The molecule has 25 heavy (non-hydrogen) atoms. The van der Waals surface area contributed by atoms with E-state index in [1.807, 2.05) is 12.1 Å². The molecule has 1 fully saturated rings. The number of halogens is 1. The zero-order valence-corrected chi connectivity index (χ0v) is 13.9. The van der Waals surface area contributed by atoms with E-state index in [2.05, 4.69) is 10.3 Å². The Kier molecular flexibility index (Phi) is 5.60. The largest absolute Gasteiger partial charge is 0.387 e. The fourth-order valence-corrected chi connectivity index (χ4v) is 2.72. The SMILES string of the molecule is O=C(NCCc1cccnc1)N(CC(O)c1ccc(F)cc1)C1CC1. The predicted octanol–water partition coefficient (Wildman–Crippen LogP) is 2.67. The molecule has 132 valence electrons. The van der Waals surface area contributed by atoms with Crippen LogP contribution in [0.2, 0.25) is 0 Å². The maximum atomic E-state index is 13.0. The lowest BCUT2D eigenvalue weighted by molar-refractivity contribution is 0.118. The number of aliphatic hydroxyl groups is 1. The first-order chi connectivity index (χ1) is 12.1. The van der Waals surface area contributed by atoms with Crippen LogP contribution in [0.1, 0.15) is 30.1 Å². The van der Waals surface area contributed by atoms with Crippen molar-refractivity contribution in [1.29, 1.82) is 0 Å². The molecule has 1 unspecified atom stereocenters. The number of pyridine rings is 1. The quantitative estimate of drug-likeness (QED) is 0.812. The molecule has 1 aliphatic carbocycles. The Morgan fingerprint density at radius 2 is 2.08 bits per heavy atom. The number of nitrogens with zero attached hydrogens (tertiary/aromatic N) is 2. The number of rotatable bonds is 7. The van der Waals surface area contributed by atoms with Crippen LogP contribution in [0.4, 0.5) is 9.18 Å². The lowest BCUT2D eigenvalue weighted by atomic mass is 10.1. The van der Waals surface area contributed by atoms with Crippen molar-refractivity contribution in [1.82, 2.24) is 15.2 Å². The monoisotopic (exact) mass is 343 g/mol. The van der Waals surface area contributed by atoms with E-state index in [1.54, 1.807) is 29.4 Å². The van der Waals surface area contributed by atoms with Crippen molar-refractivity contribution in [2.24, 2.45) is 0 Å². The van der Waals surface area contributed by atoms with Crippen LogP contribution in [0.3, 0.4) is 0 Å². The van der Waals surface area contributed by atoms with Gasteiger partial charge < -0.3 is 15.3 Å². The topological polar surface area (TPSA) is 65.5 Å². The van der Waals surface area contributed by atoms with Crippen LogP contribution in [-0.4, -0.2) is 40.2 Å². The minimum atomic E-state index is -0.828. The summed E-state index contributed by atoms with van der Waals surface area (Å²) in [6, 6.07) is 9.56. The van der Waals surface area contributed by atoms with E-state index < -0.39 is 6.10 Å². The first-order valence-corrected chi connectivity index (χ1v) is 8.50. The summed E-state index contributed by atoms with van der Waals surface area (Å²) >= 11 is 0. The highest BCUT2D eigenvalue weighted by Crippen LogP contribution is 2.29. The van der Waals surface area contributed by atoms with Gasteiger partial charge in [0.25, 0.3) is 0 Å². The Bertz CT molecular complexity index is 690. The highest BCUT2D eigenvalue weighted by molar-refractivity contribution is 5.75. The summed E-state index contributed by atoms with van der Waals surface area (Å²) < 4.78 is 13.0. The van der Waals surface area contributed by atoms with Gasteiger partial charge in [-0.05, 0) is 48.6 Å². The van der Waals surface area contributed by atoms with Crippen molar-refractivity contribution in [3.63, 3.8) is 0 Å². The molecule has 1 heterocycles. The van der Waals surface area contributed by atoms with E-state index >= 15 is 0 Å². The summed E-state index contributed by atoms with van der Waals surface area (Å²) in [5.74, 6) is -0.344. The van der Waals surface area contributed by atoms with E-state index in [4.69, 9.17) is 0 Å². The smallest absolute Gasteiger partial charge is 0.317 e. The van der Waals surface area contributed by atoms with Crippen molar-refractivity contribution >= 4 is 6.03 Å². The maximum absolute atomic E-state index is 13.0. The number of carbonyl (C=O) groups excluding carboxylic acids is 1. The normalized spacial score (nSPS) is 14.8. The molecule has 0 aliphatic heterocycles. The van der Waals surface area contributed by atoms with E-state index in [9.17, 15) is 14.3 Å². The molecule has 1 aliphatic rings. The van der Waals surface area contributed by atoms with Crippen LogP contribution in [0.5, 0.6) is 0 Å². The summed E-state index contributed by atoms with van der Waals surface area (Å²) in [5.41, 5.74) is 1.67. The van der Waals surface area contributed by atoms with Gasteiger partial charge in [-0.15, -0.1) is 0 Å². The lowest BCUT2D eigenvalue weighted by Gasteiger charge is -2.25. The summed E-state index contributed by atoms with van der Waals surface area (Å²) in [7, 11) is 0. The zero-order chi connectivity index (χ0) is 17.6. The van der Waals surface area contributed by atoms with Crippen molar-refractivity contribution in [2.75, 3.05) is 13.1 Å². The highest BCUT2D eigenvalue weighted by Gasteiger charge is 2.33. The van der Waals surface area contributed by atoms with Gasteiger partial charge >= 0.3 is 6.03 Å². The van der Waals surface area contributed by atoms with Gasteiger partial charge in [0.05, 0.1) is 12.6 Å². The molecule has 1 atom stereocenters. The van der Waals surface area contributed by atoms with Crippen LogP contribution in [0.15, 0.2) is 48.8 Å². The highest BCUT2D eigenvalue weighted by atomic mass is 19.1. The average molecular weight is 343 g/mol. The van der Waals surface area contributed by atoms with Crippen LogP contribution in [-0.2, 0) is 6.42 Å². The Hall–Kier alpha value is -2.47. The van der Waals surface area contributed by atoms with Gasteiger partial charge in [0, 0.05) is 25.0 Å². The second-order valence-corrected chi connectivity index (χ2v) is 6.29. The third kappa shape index (κ3) is 5.00. The Morgan fingerprint density at radius 3 is 2.72 bits per heavy atom. The standard InChI is InChI=1S/C19H22FN3O2/c20-16-5-3-15(4-6-16)18(24)13-23(17-7-8-17)19(25)22-11-9-14-2-1-10-21-12-14/h1-6,10,12,17-18,24H,7-9,11,13H2,(H,22,25). The number of nitrogens with one attached hydrogen (secondary N) is 1. The molecule has 3 rings (SSSR count). The van der Waals surface area contributed by atoms with E-state index in [0.717, 1.165) is 18.4 Å². The zero-order valence-electron chi connectivity index (χ0n) is 13.9. The molecule has 1 saturated carbocycles. The molecule has 5 nitrogen and oxygen atoms in total. The van der Waals surface area contributed by atoms with E-state index in [0.29, 0.717) is 18.5 Å². The first kappa shape index (κ1) is 17.4. The molecular formula is C19H22FN3O2. The number of carbonyl (C=O) groups is 1. The average Bonchev–Trinajstić information content (AvgIpc) is 3.46. The second-order valence-electron chi connectivity index (χ2n) is 6.29. The molecule has 0 spiro atoms. The number of benzene rings is 1. The fraction of sp³-hybridized carbons (Fsp3) is 0.368. The first-order valence-electron chi connectivity index (χ1n) is 8.50. The molecule has 6 heteroatoms. The molecule has 2 N–H and O–H groups in total. The predicted molar refractivity (Wildman–Crippen MR) is 92.4 cm³/mol.